The quantitative estimate of drug-likeness (QED) is 0.666. The minimum atomic E-state index is 0.238. The molecule has 3 heterocycles. The van der Waals surface area contributed by atoms with Crippen LogP contribution in [-0.2, 0) is 20.1 Å². The Bertz CT molecular complexity index is 862. The number of piperazine rings is 1. The second kappa shape index (κ2) is 9.01. The minimum Gasteiger partial charge on any atom is -0.396 e. The number of thiophene rings is 1. The lowest BCUT2D eigenvalue weighted by Crippen LogP contribution is -2.52. The Labute approximate surface area is 170 Å². The molecule has 1 saturated heterocycles. The highest BCUT2D eigenvalue weighted by atomic mass is 32.1. The van der Waals surface area contributed by atoms with E-state index < -0.39 is 0 Å². The maximum Gasteiger partial charge on any atom is 0.0968 e. The van der Waals surface area contributed by atoms with Gasteiger partial charge >= 0.3 is 0 Å². The Morgan fingerprint density at radius 3 is 2.71 bits per heavy atom. The topological polar surface area (TPSA) is 44.5 Å². The molecule has 1 aromatic carbocycles. The summed E-state index contributed by atoms with van der Waals surface area (Å²) in [6.07, 6.45) is 2.96. The second-order valence-electron chi connectivity index (χ2n) is 7.49. The van der Waals surface area contributed by atoms with Crippen molar-refractivity contribution in [3.05, 3.63) is 64.5 Å². The molecule has 1 aliphatic rings. The van der Waals surface area contributed by atoms with Crippen molar-refractivity contribution in [1.82, 2.24) is 19.6 Å². The van der Waals surface area contributed by atoms with E-state index in [1.165, 1.54) is 16.0 Å². The predicted molar refractivity (Wildman–Crippen MR) is 114 cm³/mol. The first-order chi connectivity index (χ1) is 13.7. The number of aryl methyl sites for hydroxylation is 1. The molecule has 0 bridgehead atoms. The SMILES string of the molecule is Cn1cc(CN2CCN(Cc3cccs3)[C@H](CCO)C2)c(-c2ccccc2)n1. The molecule has 1 N–H and O–H groups in total. The summed E-state index contributed by atoms with van der Waals surface area (Å²) in [4.78, 5) is 6.43. The van der Waals surface area contributed by atoms with Gasteiger partial charge in [-0.25, -0.2) is 0 Å². The number of nitrogens with zero attached hydrogens (tertiary/aromatic N) is 4. The summed E-state index contributed by atoms with van der Waals surface area (Å²) in [6, 6.07) is 15.1. The van der Waals surface area contributed by atoms with Crippen LogP contribution in [0.1, 0.15) is 16.9 Å². The fourth-order valence-electron chi connectivity index (χ4n) is 4.07. The first kappa shape index (κ1) is 19.3. The lowest BCUT2D eigenvalue weighted by molar-refractivity contribution is 0.0507. The van der Waals surface area contributed by atoms with Gasteiger partial charge in [-0.15, -0.1) is 11.3 Å². The lowest BCUT2D eigenvalue weighted by Gasteiger charge is -2.41. The van der Waals surface area contributed by atoms with Gasteiger partial charge in [0, 0.05) is 74.6 Å². The molecule has 148 valence electrons. The first-order valence-electron chi connectivity index (χ1n) is 9.90. The van der Waals surface area contributed by atoms with Crippen molar-refractivity contribution in [2.45, 2.75) is 25.6 Å². The molecule has 0 amide bonds. The van der Waals surface area contributed by atoms with Crippen molar-refractivity contribution in [1.29, 1.82) is 0 Å². The van der Waals surface area contributed by atoms with Crippen molar-refractivity contribution in [2.75, 3.05) is 26.2 Å². The zero-order valence-corrected chi connectivity index (χ0v) is 17.2. The van der Waals surface area contributed by atoms with E-state index in [9.17, 15) is 5.11 Å². The summed E-state index contributed by atoms with van der Waals surface area (Å²) in [5.41, 5.74) is 3.51. The third-order valence-corrected chi connectivity index (χ3v) is 6.30. The molecule has 0 saturated carbocycles. The summed E-state index contributed by atoms with van der Waals surface area (Å²) in [7, 11) is 1.99. The Hall–Kier alpha value is -1.99. The molecule has 1 fully saturated rings. The molecule has 0 radical (unpaired) electrons. The maximum atomic E-state index is 9.58. The van der Waals surface area contributed by atoms with Crippen LogP contribution in [0.2, 0.25) is 0 Å². The maximum absolute atomic E-state index is 9.58. The number of hydrogen-bond acceptors (Lipinski definition) is 5. The minimum absolute atomic E-state index is 0.238. The zero-order chi connectivity index (χ0) is 19.3. The van der Waals surface area contributed by atoms with Crippen LogP contribution in [-0.4, -0.2) is 57.0 Å². The average Bonchev–Trinajstić information content (AvgIpc) is 3.34. The van der Waals surface area contributed by atoms with Crippen molar-refractivity contribution < 1.29 is 5.11 Å². The average molecular weight is 397 g/mol. The first-order valence-corrected chi connectivity index (χ1v) is 10.8. The third kappa shape index (κ3) is 4.52. The van der Waals surface area contributed by atoms with E-state index in [1.54, 1.807) is 0 Å². The molecular weight excluding hydrogens is 368 g/mol. The van der Waals surface area contributed by atoms with Crippen LogP contribution >= 0.6 is 11.3 Å². The molecule has 0 unspecified atom stereocenters. The molecule has 2 aromatic heterocycles. The van der Waals surface area contributed by atoms with Crippen molar-refractivity contribution in [3.8, 4) is 11.3 Å². The van der Waals surface area contributed by atoms with E-state index in [-0.39, 0.29) is 6.61 Å². The monoisotopic (exact) mass is 396 g/mol. The summed E-state index contributed by atoms with van der Waals surface area (Å²) < 4.78 is 1.91. The summed E-state index contributed by atoms with van der Waals surface area (Å²) in [5, 5.41) is 16.4. The van der Waals surface area contributed by atoms with Gasteiger partial charge in [0.15, 0.2) is 0 Å². The van der Waals surface area contributed by atoms with Gasteiger partial charge in [-0.1, -0.05) is 36.4 Å². The van der Waals surface area contributed by atoms with Crippen molar-refractivity contribution >= 4 is 11.3 Å². The number of aliphatic hydroxyl groups excluding tert-OH is 1. The number of aromatic nitrogens is 2. The van der Waals surface area contributed by atoms with Gasteiger partial charge in [0.05, 0.1) is 5.69 Å². The smallest absolute Gasteiger partial charge is 0.0968 e. The summed E-state index contributed by atoms with van der Waals surface area (Å²) in [5.74, 6) is 0. The van der Waals surface area contributed by atoms with E-state index >= 15 is 0 Å². The number of rotatable bonds is 7. The number of benzene rings is 1. The van der Waals surface area contributed by atoms with Crippen LogP contribution in [0, 0.1) is 0 Å². The van der Waals surface area contributed by atoms with Crippen LogP contribution in [0.3, 0.4) is 0 Å². The molecule has 1 atom stereocenters. The standard InChI is InChI=1S/C22H28N4OS/c1-24-14-19(22(23-24)18-6-3-2-4-7-18)15-25-10-11-26(20(16-25)9-12-27)17-21-8-5-13-28-21/h2-8,13-14,20,27H,9-12,15-17H2,1H3/t20-/m1/s1. The molecule has 0 aliphatic carbocycles. The number of hydrogen-bond donors (Lipinski definition) is 1. The summed E-state index contributed by atoms with van der Waals surface area (Å²) in [6.45, 7) is 5.17. The molecule has 5 nitrogen and oxygen atoms in total. The van der Waals surface area contributed by atoms with Gasteiger partial charge < -0.3 is 5.11 Å². The zero-order valence-electron chi connectivity index (χ0n) is 16.4. The molecule has 28 heavy (non-hydrogen) atoms. The van der Waals surface area contributed by atoms with Gasteiger partial charge in [-0.3, -0.25) is 14.5 Å². The van der Waals surface area contributed by atoms with Gasteiger partial charge in [0.2, 0.25) is 0 Å². The van der Waals surface area contributed by atoms with Crippen LogP contribution in [0.4, 0.5) is 0 Å². The van der Waals surface area contributed by atoms with Gasteiger partial charge in [0.1, 0.15) is 0 Å². The summed E-state index contributed by atoms with van der Waals surface area (Å²) >= 11 is 1.81. The highest BCUT2D eigenvalue weighted by molar-refractivity contribution is 7.09. The van der Waals surface area contributed by atoms with Crippen LogP contribution < -0.4 is 0 Å². The molecular formula is C22H28N4OS. The van der Waals surface area contributed by atoms with Crippen LogP contribution in [0.25, 0.3) is 11.3 Å². The fraction of sp³-hybridized carbons (Fsp3) is 0.409. The lowest BCUT2D eigenvalue weighted by atomic mass is 10.1. The molecule has 4 rings (SSSR count). The van der Waals surface area contributed by atoms with Gasteiger partial charge in [0.25, 0.3) is 0 Å². The normalized spacial score (nSPS) is 18.6. The molecule has 0 spiro atoms. The highest BCUT2D eigenvalue weighted by Gasteiger charge is 2.27. The van der Waals surface area contributed by atoms with Crippen molar-refractivity contribution in [3.63, 3.8) is 0 Å². The van der Waals surface area contributed by atoms with Gasteiger partial charge in [-0.2, -0.15) is 5.10 Å². The van der Waals surface area contributed by atoms with E-state index in [0.29, 0.717) is 6.04 Å². The molecule has 3 aromatic rings. The van der Waals surface area contributed by atoms with Gasteiger partial charge in [-0.05, 0) is 17.9 Å². The predicted octanol–water partition coefficient (Wildman–Crippen LogP) is 3.22. The van der Waals surface area contributed by atoms with Crippen molar-refractivity contribution in [2.24, 2.45) is 7.05 Å². The Morgan fingerprint density at radius 1 is 1.11 bits per heavy atom. The van der Waals surface area contributed by atoms with E-state index in [0.717, 1.165) is 44.8 Å². The van der Waals surface area contributed by atoms with Crippen LogP contribution in [0.5, 0.6) is 0 Å². The highest BCUT2D eigenvalue weighted by Crippen LogP contribution is 2.25. The van der Waals surface area contributed by atoms with Crippen LogP contribution in [0.15, 0.2) is 54.0 Å². The second-order valence-corrected chi connectivity index (χ2v) is 8.53. The molecule has 6 heteroatoms. The van der Waals surface area contributed by atoms with E-state index in [1.807, 2.05) is 29.1 Å². The fourth-order valence-corrected chi connectivity index (χ4v) is 4.80. The Kier molecular flexibility index (Phi) is 6.22. The van der Waals surface area contributed by atoms with E-state index in [2.05, 4.69) is 57.8 Å². The van der Waals surface area contributed by atoms with E-state index in [4.69, 9.17) is 5.10 Å². The Morgan fingerprint density at radius 2 is 1.96 bits per heavy atom. The molecule has 1 aliphatic heterocycles. The Balaban J connectivity index is 1.46. The third-order valence-electron chi connectivity index (χ3n) is 5.44. The number of aliphatic hydroxyl groups is 1. The largest absolute Gasteiger partial charge is 0.396 e.